The quantitative estimate of drug-likeness (QED) is 0.401. The zero-order valence-corrected chi connectivity index (χ0v) is 20.4. The topological polar surface area (TPSA) is 32.3 Å². The molecule has 3 rings (SSSR count). The molecule has 2 aromatic carbocycles. The zero-order chi connectivity index (χ0) is 21.7. The van der Waals surface area contributed by atoms with Crippen molar-refractivity contribution in [3.8, 4) is 0 Å². The van der Waals surface area contributed by atoms with Gasteiger partial charge < -0.3 is 5.32 Å². The molecule has 5 heteroatoms. The summed E-state index contributed by atoms with van der Waals surface area (Å²) < 4.78 is 1.08. The molecule has 1 amide bonds. The number of halogens is 1. The first-order chi connectivity index (χ1) is 14.2. The number of aryl methyl sites for hydroxylation is 1. The second-order valence-electron chi connectivity index (χ2n) is 8.66. The molecule has 0 unspecified atom stereocenters. The van der Waals surface area contributed by atoms with Crippen LogP contribution >= 0.6 is 27.3 Å². The number of carbonyl (C=O) groups is 1. The van der Waals surface area contributed by atoms with E-state index in [-0.39, 0.29) is 11.3 Å². The predicted octanol–water partition coefficient (Wildman–Crippen LogP) is 6.76. The Morgan fingerprint density at radius 1 is 1.07 bits per heavy atom. The van der Waals surface area contributed by atoms with Crippen molar-refractivity contribution in [2.45, 2.75) is 46.2 Å². The van der Waals surface area contributed by atoms with Gasteiger partial charge in [-0.3, -0.25) is 9.69 Å². The lowest BCUT2D eigenvalue weighted by atomic mass is 9.86. The maximum absolute atomic E-state index is 13.0. The second-order valence-corrected chi connectivity index (χ2v) is 10.5. The first-order valence-corrected chi connectivity index (χ1v) is 11.8. The highest BCUT2D eigenvalue weighted by Gasteiger charge is 2.20. The molecule has 1 N–H and O–H groups in total. The first kappa shape index (κ1) is 22.7. The number of thiophene rings is 1. The lowest BCUT2D eigenvalue weighted by molar-refractivity contribution is -0.117. The Bertz CT molecular complexity index is 993. The monoisotopic (exact) mass is 484 g/mol. The fourth-order valence-electron chi connectivity index (χ4n) is 3.45. The van der Waals surface area contributed by atoms with Crippen molar-refractivity contribution in [2.75, 3.05) is 11.9 Å². The third-order valence-corrected chi connectivity index (χ3v) is 6.54. The molecule has 30 heavy (non-hydrogen) atoms. The van der Waals surface area contributed by atoms with Crippen LogP contribution in [0.4, 0.5) is 5.69 Å². The van der Waals surface area contributed by atoms with E-state index in [1.807, 2.05) is 18.2 Å². The van der Waals surface area contributed by atoms with Crippen LogP contribution < -0.4 is 5.32 Å². The number of carbonyl (C=O) groups excluding carboxylic acids is 1. The van der Waals surface area contributed by atoms with Gasteiger partial charge in [0.15, 0.2) is 0 Å². The summed E-state index contributed by atoms with van der Waals surface area (Å²) in [5.74, 6) is 0.00601. The average Bonchev–Trinajstić information content (AvgIpc) is 3.16. The van der Waals surface area contributed by atoms with Crippen LogP contribution in [0.2, 0.25) is 0 Å². The molecule has 0 aliphatic heterocycles. The molecule has 0 aliphatic rings. The van der Waals surface area contributed by atoms with Crippen molar-refractivity contribution in [1.82, 2.24) is 4.90 Å². The van der Waals surface area contributed by atoms with Crippen LogP contribution in [0.3, 0.4) is 0 Å². The highest BCUT2D eigenvalue weighted by molar-refractivity contribution is 9.10. The van der Waals surface area contributed by atoms with Crippen molar-refractivity contribution in [2.24, 2.45) is 0 Å². The first-order valence-electron chi connectivity index (χ1n) is 10.1. The van der Waals surface area contributed by atoms with Gasteiger partial charge in [-0.25, -0.2) is 0 Å². The molecule has 3 nitrogen and oxygen atoms in total. The molecule has 0 aliphatic carbocycles. The molecular weight excluding hydrogens is 456 g/mol. The third kappa shape index (κ3) is 6.27. The number of para-hydroxylation sites is 1. The Kier molecular flexibility index (Phi) is 7.50. The lowest BCUT2D eigenvalue weighted by Gasteiger charge is -2.25. The second kappa shape index (κ2) is 9.90. The van der Waals surface area contributed by atoms with Crippen molar-refractivity contribution in [1.29, 1.82) is 0 Å². The van der Waals surface area contributed by atoms with Gasteiger partial charge in [0.05, 0.1) is 6.54 Å². The molecule has 0 saturated heterocycles. The van der Waals surface area contributed by atoms with Gasteiger partial charge in [0.1, 0.15) is 0 Å². The number of nitrogens with zero attached hydrogens (tertiary/aromatic N) is 1. The average molecular weight is 485 g/mol. The number of rotatable bonds is 7. The van der Waals surface area contributed by atoms with Gasteiger partial charge in [0.2, 0.25) is 5.91 Å². The largest absolute Gasteiger partial charge is 0.325 e. The fourth-order valence-corrected chi connectivity index (χ4v) is 4.82. The molecule has 158 valence electrons. The maximum Gasteiger partial charge on any atom is 0.238 e. The van der Waals surface area contributed by atoms with Crippen molar-refractivity contribution < 1.29 is 4.79 Å². The van der Waals surface area contributed by atoms with Gasteiger partial charge >= 0.3 is 0 Å². The van der Waals surface area contributed by atoms with E-state index >= 15 is 0 Å². The fraction of sp³-hybridized carbons (Fsp3) is 0.320. The number of benzene rings is 2. The minimum atomic E-state index is -0.0344. The Morgan fingerprint density at radius 2 is 1.83 bits per heavy atom. The van der Waals surface area contributed by atoms with Crippen molar-refractivity contribution >= 4 is 38.9 Å². The van der Waals surface area contributed by atoms with Gasteiger partial charge in [-0.05, 0) is 52.6 Å². The van der Waals surface area contributed by atoms with Crippen molar-refractivity contribution in [3.63, 3.8) is 0 Å². The normalized spacial score (nSPS) is 11.7. The summed E-state index contributed by atoms with van der Waals surface area (Å²) in [6, 6.07) is 18.6. The summed E-state index contributed by atoms with van der Waals surface area (Å²) in [6.45, 7) is 10.3. The number of hydrogen-bond acceptors (Lipinski definition) is 3. The van der Waals surface area contributed by atoms with E-state index in [9.17, 15) is 4.79 Å². The summed E-state index contributed by atoms with van der Waals surface area (Å²) in [7, 11) is 0. The molecule has 0 atom stereocenters. The van der Waals surface area contributed by atoms with Gasteiger partial charge in [-0.2, -0.15) is 0 Å². The van der Waals surface area contributed by atoms with E-state index < -0.39 is 0 Å². The van der Waals surface area contributed by atoms with Crippen LogP contribution in [0.25, 0.3) is 0 Å². The number of amides is 1. The lowest BCUT2D eigenvalue weighted by Crippen LogP contribution is -2.33. The van der Waals surface area contributed by atoms with Crippen LogP contribution in [0.5, 0.6) is 0 Å². The van der Waals surface area contributed by atoms with E-state index in [1.165, 1.54) is 16.0 Å². The van der Waals surface area contributed by atoms with E-state index in [2.05, 4.69) is 95.6 Å². The van der Waals surface area contributed by atoms with E-state index in [1.54, 1.807) is 11.3 Å². The van der Waals surface area contributed by atoms with Crippen LogP contribution in [0.1, 0.15) is 42.3 Å². The van der Waals surface area contributed by atoms with E-state index in [0.29, 0.717) is 13.1 Å². The zero-order valence-electron chi connectivity index (χ0n) is 18.0. The van der Waals surface area contributed by atoms with E-state index in [0.717, 1.165) is 22.3 Å². The smallest absolute Gasteiger partial charge is 0.238 e. The Hall–Kier alpha value is -1.95. The van der Waals surface area contributed by atoms with Crippen LogP contribution in [-0.2, 0) is 23.3 Å². The van der Waals surface area contributed by atoms with Gasteiger partial charge in [0, 0.05) is 28.1 Å². The summed E-state index contributed by atoms with van der Waals surface area (Å²) in [5, 5.41) is 5.23. The number of nitrogens with one attached hydrogen (secondary N) is 1. The summed E-state index contributed by atoms with van der Waals surface area (Å²) in [4.78, 5) is 16.4. The SMILES string of the molecule is Cc1ccc(CN(CC(=O)Nc2ccccc2C(C)(C)C)Cc2cccs2)c(Br)c1. The summed E-state index contributed by atoms with van der Waals surface area (Å²) in [5.41, 5.74) is 4.40. The van der Waals surface area contributed by atoms with Crippen LogP contribution in [-0.4, -0.2) is 17.4 Å². The summed E-state index contributed by atoms with van der Waals surface area (Å²) in [6.07, 6.45) is 0. The molecule has 1 heterocycles. The maximum atomic E-state index is 13.0. The molecule has 0 fully saturated rings. The Morgan fingerprint density at radius 3 is 2.50 bits per heavy atom. The van der Waals surface area contributed by atoms with Gasteiger partial charge in [-0.1, -0.05) is 73.1 Å². The highest BCUT2D eigenvalue weighted by Crippen LogP contribution is 2.29. The Labute approximate surface area is 192 Å². The van der Waals surface area contributed by atoms with Gasteiger partial charge in [-0.15, -0.1) is 11.3 Å². The molecule has 0 spiro atoms. The van der Waals surface area contributed by atoms with Crippen LogP contribution in [0.15, 0.2) is 64.5 Å². The third-order valence-electron chi connectivity index (χ3n) is 4.94. The molecule has 0 radical (unpaired) electrons. The Balaban J connectivity index is 1.76. The molecule has 0 bridgehead atoms. The van der Waals surface area contributed by atoms with Crippen molar-refractivity contribution in [3.05, 3.63) is 86.0 Å². The van der Waals surface area contributed by atoms with Crippen LogP contribution in [0, 0.1) is 6.92 Å². The predicted molar refractivity (Wildman–Crippen MR) is 131 cm³/mol. The summed E-state index contributed by atoms with van der Waals surface area (Å²) >= 11 is 5.40. The minimum absolute atomic E-state index is 0.00601. The molecular formula is C25H29BrN2OS. The highest BCUT2D eigenvalue weighted by atomic mass is 79.9. The van der Waals surface area contributed by atoms with Gasteiger partial charge in [0.25, 0.3) is 0 Å². The van der Waals surface area contributed by atoms with E-state index in [4.69, 9.17) is 0 Å². The molecule has 1 aromatic heterocycles. The number of anilines is 1. The number of hydrogen-bond donors (Lipinski definition) is 1. The standard InChI is InChI=1S/C25H29BrN2OS/c1-18-11-12-19(22(26)14-18)15-28(16-20-8-7-13-30-20)17-24(29)27-23-10-6-5-9-21(23)25(2,3)4/h5-14H,15-17H2,1-4H3,(H,27,29). The molecule has 3 aromatic rings. The molecule has 0 saturated carbocycles. The minimum Gasteiger partial charge on any atom is -0.325 e.